The van der Waals surface area contributed by atoms with Gasteiger partial charge in [-0.3, -0.25) is 9.69 Å². The third-order valence-corrected chi connectivity index (χ3v) is 4.06. The summed E-state index contributed by atoms with van der Waals surface area (Å²) < 4.78 is 0. The zero-order valence-corrected chi connectivity index (χ0v) is 12.7. The number of carbonyl (C=O) groups is 1. The SMILES string of the molecule is CN(CC(=O)c1ccc(Cl)cc1Cl)Cc1cccs1. The van der Waals surface area contributed by atoms with Crippen molar-refractivity contribution in [2.45, 2.75) is 6.54 Å². The van der Waals surface area contributed by atoms with Crippen LogP contribution in [0.15, 0.2) is 35.7 Å². The summed E-state index contributed by atoms with van der Waals surface area (Å²) in [5.41, 5.74) is 0.518. The number of benzene rings is 1. The van der Waals surface area contributed by atoms with Gasteiger partial charge in [-0.05, 0) is 36.7 Å². The van der Waals surface area contributed by atoms with Crippen molar-refractivity contribution in [3.8, 4) is 0 Å². The molecule has 0 spiro atoms. The summed E-state index contributed by atoms with van der Waals surface area (Å²) in [6.45, 7) is 1.09. The Balaban J connectivity index is 2.00. The van der Waals surface area contributed by atoms with Crippen LogP contribution in [0.5, 0.6) is 0 Å². The van der Waals surface area contributed by atoms with Crippen LogP contribution in [0.2, 0.25) is 10.0 Å². The van der Waals surface area contributed by atoms with Crippen molar-refractivity contribution in [3.63, 3.8) is 0 Å². The Bertz CT molecular complexity index is 569. The fourth-order valence-electron chi connectivity index (χ4n) is 1.77. The van der Waals surface area contributed by atoms with Gasteiger partial charge in [-0.1, -0.05) is 29.3 Å². The molecule has 1 aromatic heterocycles. The molecule has 0 aliphatic carbocycles. The molecule has 100 valence electrons. The smallest absolute Gasteiger partial charge is 0.178 e. The third kappa shape index (κ3) is 4.05. The maximum Gasteiger partial charge on any atom is 0.178 e. The quantitative estimate of drug-likeness (QED) is 0.764. The van der Waals surface area contributed by atoms with Crippen molar-refractivity contribution in [2.24, 2.45) is 0 Å². The van der Waals surface area contributed by atoms with E-state index in [-0.39, 0.29) is 5.78 Å². The second kappa shape index (κ2) is 6.53. The lowest BCUT2D eigenvalue weighted by molar-refractivity contribution is 0.0943. The van der Waals surface area contributed by atoms with Gasteiger partial charge in [0.25, 0.3) is 0 Å². The molecule has 0 aliphatic rings. The zero-order chi connectivity index (χ0) is 13.8. The van der Waals surface area contributed by atoms with Crippen LogP contribution in [-0.4, -0.2) is 24.3 Å². The Labute approximate surface area is 126 Å². The fraction of sp³-hybridized carbons (Fsp3) is 0.214. The molecular formula is C14H13Cl2NOS. The van der Waals surface area contributed by atoms with Crippen LogP contribution in [0.4, 0.5) is 0 Å². The molecule has 0 atom stereocenters. The fourth-order valence-corrected chi connectivity index (χ4v) is 3.07. The van der Waals surface area contributed by atoms with Crippen LogP contribution in [-0.2, 0) is 6.54 Å². The number of hydrogen-bond donors (Lipinski definition) is 0. The van der Waals surface area contributed by atoms with Crippen molar-refractivity contribution < 1.29 is 4.79 Å². The van der Waals surface area contributed by atoms with Gasteiger partial charge >= 0.3 is 0 Å². The predicted molar refractivity (Wildman–Crippen MR) is 81.4 cm³/mol. The number of halogens is 2. The second-order valence-electron chi connectivity index (χ2n) is 4.30. The molecule has 0 unspecified atom stereocenters. The topological polar surface area (TPSA) is 20.3 Å². The van der Waals surface area contributed by atoms with E-state index in [1.54, 1.807) is 29.5 Å². The molecule has 0 saturated carbocycles. The van der Waals surface area contributed by atoms with Crippen molar-refractivity contribution in [2.75, 3.05) is 13.6 Å². The summed E-state index contributed by atoms with van der Waals surface area (Å²) in [4.78, 5) is 15.4. The number of likely N-dealkylation sites (N-methyl/N-ethyl adjacent to an activating group) is 1. The standard InChI is InChI=1S/C14H13Cl2NOS/c1-17(8-11-3-2-6-19-11)9-14(18)12-5-4-10(15)7-13(12)16/h2-7H,8-9H2,1H3. The normalized spacial score (nSPS) is 10.9. The number of carbonyl (C=O) groups excluding carboxylic acids is 1. The van der Waals surface area contributed by atoms with Crippen LogP contribution < -0.4 is 0 Å². The molecular weight excluding hydrogens is 301 g/mol. The highest BCUT2D eigenvalue weighted by atomic mass is 35.5. The molecule has 0 fully saturated rings. The third-order valence-electron chi connectivity index (χ3n) is 2.65. The maximum atomic E-state index is 12.1. The molecule has 2 aromatic rings. The highest BCUT2D eigenvalue weighted by Gasteiger charge is 2.13. The van der Waals surface area contributed by atoms with Gasteiger partial charge in [-0.15, -0.1) is 11.3 Å². The zero-order valence-electron chi connectivity index (χ0n) is 10.4. The Hall–Kier alpha value is -0.870. The molecule has 19 heavy (non-hydrogen) atoms. The van der Waals surface area contributed by atoms with E-state index in [9.17, 15) is 4.79 Å². The number of thiophene rings is 1. The molecule has 0 amide bonds. The highest BCUT2D eigenvalue weighted by molar-refractivity contribution is 7.09. The lowest BCUT2D eigenvalue weighted by atomic mass is 10.1. The van der Waals surface area contributed by atoms with Gasteiger partial charge in [0.05, 0.1) is 11.6 Å². The number of rotatable bonds is 5. The summed E-state index contributed by atoms with van der Waals surface area (Å²) in [7, 11) is 1.92. The average molecular weight is 314 g/mol. The largest absolute Gasteiger partial charge is 0.294 e. The van der Waals surface area contributed by atoms with Crippen LogP contribution in [0.25, 0.3) is 0 Å². The van der Waals surface area contributed by atoms with E-state index in [4.69, 9.17) is 23.2 Å². The maximum absolute atomic E-state index is 12.1. The Morgan fingerprint density at radius 1 is 1.32 bits per heavy atom. The summed E-state index contributed by atoms with van der Waals surface area (Å²) >= 11 is 13.5. The summed E-state index contributed by atoms with van der Waals surface area (Å²) in [5, 5.41) is 2.97. The first kappa shape index (κ1) is 14.5. The van der Waals surface area contributed by atoms with E-state index in [1.165, 1.54) is 4.88 Å². The molecule has 0 bridgehead atoms. The first-order valence-corrected chi connectivity index (χ1v) is 7.39. The molecule has 2 nitrogen and oxygen atoms in total. The molecule has 0 radical (unpaired) electrons. The van der Waals surface area contributed by atoms with E-state index >= 15 is 0 Å². The number of hydrogen-bond acceptors (Lipinski definition) is 3. The first-order valence-electron chi connectivity index (χ1n) is 5.75. The van der Waals surface area contributed by atoms with Crippen LogP contribution in [0, 0.1) is 0 Å². The lowest BCUT2D eigenvalue weighted by Gasteiger charge is -2.15. The minimum Gasteiger partial charge on any atom is -0.294 e. The van der Waals surface area contributed by atoms with Gasteiger partial charge in [0.1, 0.15) is 0 Å². The lowest BCUT2D eigenvalue weighted by Crippen LogP contribution is -2.25. The van der Waals surface area contributed by atoms with E-state index in [0.29, 0.717) is 22.2 Å². The molecule has 1 aromatic carbocycles. The van der Waals surface area contributed by atoms with Crippen LogP contribution >= 0.6 is 34.5 Å². The average Bonchev–Trinajstić information content (AvgIpc) is 2.81. The van der Waals surface area contributed by atoms with E-state index in [2.05, 4.69) is 6.07 Å². The Kier molecular flexibility index (Phi) is 4.99. The second-order valence-corrected chi connectivity index (χ2v) is 6.17. The molecule has 5 heteroatoms. The van der Waals surface area contributed by atoms with Gasteiger partial charge in [0, 0.05) is 22.0 Å². The van der Waals surface area contributed by atoms with E-state index < -0.39 is 0 Å². The van der Waals surface area contributed by atoms with Gasteiger partial charge in [-0.2, -0.15) is 0 Å². The first-order chi connectivity index (χ1) is 9.06. The van der Waals surface area contributed by atoms with Gasteiger partial charge in [-0.25, -0.2) is 0 Å². The van der Waals surface area contributed by atoms with Gasteiger partial charge in [0.2, 0.25) is 0 Å². The molecule has 0 aliphatic heterocycles. The van der Waals surface area contributed by atoms with Crippen molar-refractivity contribution in [1.29, 1.82) is 0 Å². The van der Waals surface area contributed by atoms with E-state index in [1.807, 2.05) is 23.4 Å². The summed E-state index contributed by atoms with van der Waals surface area (Å²) in [6, 6.07) is 9.01. The van der Waals surface area contributed by atoms with Gasteiger partial charge in [0.15, 0.2) is 5.78 Å². The molecule has 2 rings (SSSR count). The highest BCUT2D eigenvalue weighted by Crippen LogP contribution is 2.21. The van der Waals surface area contributed by atoms with Crippen molar-refractivity contribution in [1.82, 2.24) is 4.90 Å². The number of nitrogens with zero attached hydrogens (tertiary/aromatic N) is 1. The Morgan fingerprint density at radius 2 is 2.11 bits per heavy atom. The van der Waals surface area contributed by atoms with Crippen LogP contribution in [0.1, 0.15) is 15.2 Å². The summed E-state index contributed by atoms with van der Waals surface area (Å²) in [5.74, 6) is 0.000669. The van der Waals surface area contributed by atoms with Crippen molar-refractivity contribution >= 4 is 40.3 Å². The molecule has 0 N–H and O–H groups in total. The minimum absolute atomic E-state index is 0.000669. The Morgan fingerprint density at radius 3 is 2.74 bits per heavy atom. The number of ketones is 1. The summed E-state index contributed by atoms with van der Waals surface area (Å²) in [6.07, 6.45) is 0. The van der Waals surface area contributed by atoms with E-state index in [0.717, 1.165) is 6.54 Å². The molecule has 0 saturated heterocycles. The minimum atomic E-state index is 0.000669. The van der Waals surface area contributed by atoms with Crippen molar-refractivity contribution in [3.05, 3.63) is 56.2 Å². The predicted octanol–water partition coefficient (Wildman–Crippen LogP) is 4.37. The van der Waals surface area contributed by atoms with Crippen LogP contribution in [0.3, 0.4) is 0 Å². The van der Waals surface area contributed by atoms with Gasteiger partial charge < -0.3 is 0 Å². The number of Topliss-reactive ketones (excluding diaryl/α,β-unsaturated/α-hetero) is 1. The molecule has 1 heterocycles. The monoisotopic (exact) mass is 313 g/mol.